The van der Waals surface area contributed by atoms with Gasteiger partial charge in [-0.25, -0.2) is 0 Å². The van der Waals surface area contributed by atoms with Crippen molar-refractivity contribution in [2.45, 2.75) is 6.92 Å². The first-order valence-corrected chi connectivity index (χ1v) is 8.36. The smallest absolute Gasteiger partial charge is 0.302 e. The van der Waals surface area contributed by atoms with Crippen molar-refractivity contribution in [3.05, 3.63) is 36.7 Å². The van der Waals surface area contributed by atoms with E-state index in [1.807, 2.05) is 0 Å². The summed E-state index contributed by atoms with van der Waals surface area (Å²) in [6, 6.07) is 3.07. The van der Waals surface area contributed by atoms with Gasteiger partial charge in [0.05, 0.1) is 11.2 Å². The number of fused-ring (bicyclic) bond motifs is 1. The summed E-state index contributed by atoms with van der Waals surface area (Å²) >= 11 is 10.0. The summed E-state index contributed by atoms with van der Waals surface area (Å²) in [7, 11) is 0. The Morgan fingerprint density at radius 1 is 1.43 bits per heavy atom. The Balaban J connectivity index is 2.35. The van der Waals surface area contributed by atoms with Gasteiger partial charge in [0, 0.05) is 21.8 Å². The van der Waals surface area contributed by atoms with Crippen LogP contribution >= 0.6 is 38.9 Å². The van der Waals surface area contributed by atoms with Crippen LogP contribution in [-0.2, 0) is 9.53 Å². The number of aromatic hydroxyl groups is 1. The number of carbonyl (C=O) groups excluding carboxylic acids is 2. The highest BCUT2D eigenvalue weighted by Crippen LogP contribution is 2.36. The van der Waals surface area contributed by atoms with Crippen molar-refractivity contribution in [3.8, 4) is 5.75 Å². The van der Waals surface area contributed by atoms with Crippen LogP contribution in [-0.4, -0.2) is 30.1 Å². The zero-order valence-electron chi connectivity index (χ0n) is 11.8. The molecule has 0 spiro atoms. The number of ether oxygens (including phenoxy) is 1. The van der Waals surface area contributed by atoms with Gasteiger partial charge in [-0.15, -0.1) is 0 Å². The Bertz CT molecular complexity index is 851. The van der Waals surface area contributed by atoms with Crippen LogP contribution in [0.1, 0.15) is 17.3 Å². The molecule has 0 aliphatic carbocycles. The van der Waals surface area contributed by atoms with E-state index in [1.165, 1.54) is 13.0 Å². The molecule has 2 rings (SSSR count). The Hall–Kier alpha value is -1.64. The summed E-state index contributed by atoms with van der Waals surface area (Å²) in [5.74, 6) is -1.65. The third-order valence-electron chi connectivity index (χ3n) is 2.82. The van der Waals surface area contributed by atoms with Crippen LogP contribution in [0.5, 0.6) is 5.75 Å². The summed E-state index contributed by atoms with van der Waals surface area (Å²) in [5, 5.41) is 13.3. The number of nitrogens with one attached hydrogen (secondary N) is 1. The van der Waals surface area contributed by atoms with E-state index >= 15 is 0 Å². The predicted octanol–water partition coefficient (Wildman–Crippen LogP) is 2.68. The van der Waals surface area contributed by atoms with Gasteiger partial charge in [-0.2, -0.15) is 0 Å². The highest BCUT2D eigenvalue weighted by molar-refractivity contribution is 9.10. The fourth-order valence-corrected chi connectivity index (χ4v) is 3.81. The maximum absolute atomic E-state index is 12.1. The zero-order valence-corrected chi connectivity index (χ0v) is 15.0. The van der Waals surface area contributed by atoms with E-state index in [9.17, 15) is 19.5 Å². The number of benzene rings is 1. The Morgan fingerprint density at radius 3 is 2.78 bits per heavy atom. The fourth-order valence-electron chi connectivity index (χ4n) is 1.86. The molecule has 1 aromatic heterocycles. The molecule has 0 aliphatic heterocycles. The Kier molecular flexibility index (Phi) is 5.61. The van der Waals surface area contributed by atoms with Gasteiger partial charge in [-0.05, 0) is 28.1 Å². The summed E-state index contributed by atoms with van der Waals surface area (Å²) in [4.78, 5) is 34.9. The minimum atomic E-state index is -0.742. The minimum absolute atomic E-state index is 0.0234. The first-order chi connectivity index (χ1) is 10.8. The molecule has 2 N–H and O–H groups in total. The molecular formula is C14H11BrClNO5S. The third kappa shape index (κ3) is 4.01. The molecule has 0 atom stereocenters. The number of rotatable bonds is 4. The topological polar surface area (TPSA) is 92.7 Å². The fraction of sp³-hybridized carbons (Fsp3) is 0.214. The van der Waals surface area contributed by atoms with E-state index in [0.717, 1.165) is 11.3 Å². The lowest BCUT2D eigenvalue weighted by atomic mass is 10.1. The molecule has 122 valence electrons. The lowest BCUT2D eigenvalue weighted by Gasteiger charge is -2.09. The van der Waals surface area contributed by atoms with E-state index in [2.05, 4.69) is 26.0 Å². The predicted molar refractivity (Wildman–Crippen MR) is 91.4 cm³/mol. The quantitative estimate of drug-likeness (QED) is 0.586. The summed E-state index contributed by atoms with van der Waals surface area (Å²) in [6.07, 6.45) is 0. The average Bonchev–Trinajstić information content (AvgIpc) is 2.45. The molecule has 0 unspecified atom stereocenters. The molecule has 0 fully saturated rings. The second kappa shape index (κ2) is 7.29. The molecule has 1 amide bonds. The van der Waals surface area contributed by atoms with Crippen LogP contribution in [0.15, 0.2) is 21.4 Å². The third-order valence-corrected chi connectivity index (χ3v) is 4.96. The molecule has 9 heteroatoms. The number of amides is 1. The lowest BCUT2D eigenvalue weighted by Crippen LogP contribution is -2.31. The van der Waals surface area contributed by atoms with Gasteiger partial charge in [0.25, 0.3) is 5.91 Å². The van der Waals surface area contributed by atoms with Gasteiger partial charge >= 0.3 is 5.97 Å². The van der Waals surface area contributed by atoms with Crippen molar-refractivity contribution in [1.82, 2.24) is 5.32 Å². The molecule has 0 radical (unpaired) electrons. The van der Waals surface area contributed by atoms with Crippen LogP contribution in [0.4, 0.5) is 0 Å². The van der Waals surface area contributed by atoms with Crippen LogP contribution in [0.3, 0.4) is 0 Å². The summed E-state index contributed by atoms with van der Waals surface area (Å²) in [5.41, 5.74) is -0.362. The molecular weight excluding hydrogens is 410 g/mol. The number of hydrogen-bond acceptors (Lipinski definition) is 6. The molecule has 0 saturated carbocycles. The molecule has 6 nitrogen and oxygen atoms in total. The Morgan fingerprint density at radius 2 is 2.13 bits per heavy atom. The van der Waals surface area contributed by atoms with Crippen LogP contribution in [0.25, 0.3) is 10.1 Å². The maximum atomic E-state index is 12.1. The standard InChI is InChI=1S/C14H11BrClNO5S/c1-6(18)22-3-2-17-13(20)10-11(19)8-4-7(16)5-9(15)12(8)23-14(10)21/h4-5,19H,2-3H2,1H3,(H,17,20). The lowest BCUT2D eigenvalue weighted by molar-refractivity contribution is -0.140. The molecule has 0 bridgehead atoms. The second-order valence-electron chi connectivity index (χ2n) is 4.47. The molecule has 1 heterocycles. The first kappa shape index (κ1) is 17.7. The van der Waals surface area contributed by atoms with E-state index in [-0.39, 0.29) is 18.7 Å². The largest absolute Gasteiger partial charge is 0.506 e. The van der Waals surface area contributed by atoms with Crippen LogP contribution in [0, 0.1) is 0 Å². The highest BCUT2D eigenvalue weighted by Gasteiger charge is 2.20. The van der Waals surface area contributed by atoms with Crippen molar-refractivity contribution in [2.75, 3.05) is 13.2 Å². The SMILES string of the molecule is CC(=O)OCCNC(=O)c1c(O)c2cc(Cl)cc(Br)c2sc1=O. The van der Waals surface area contributed by atoms with Crippen molar-refractivity contribution >= 4 is 60.8 Å². The first-order valence-electron chi connectivity index (χ1n) is 6.37. The van der Waals surface area contributed by atoms with Crippen molar-refractivity contribution in [2.24, 2.45) is 0 Å². The van der Waals surface area contributed by atoms with Crippen LogP contribution < -0.4 is 10.1 Å². The van der Waals surface area contributed by atoms with Crippen molar-refractivity contribution in [3.63, 3.8) is 0 Å². The van der Waals surface area contributed by atoms with Gasteiger partial charge in [0.2, 0.25) is 4.74 Å². The molecule has 23 heavy (non-hydrogen) atoms. The monoisotopic (exact) mass is 419 g/mol. The molecule has 2 aromatic rings. The van der Waals surface area contributed by atoms with Gasteiger partial charge in [0.1, 0.15) is 17.9 Å². The molecule has 0 saturated heterocycles. The van der Waals surface area contributed by atoms with E-state index in [0.29, 0.717) is 19.6 Å². The molecule has 0 aliphatic rings. The zero-order chi connectivity index (χ0) is 17.1. The summed E-state index contributed by atoms with van der Waals surface area (Å²) < 4.78 is 5.14. The van der Waals surface area contributed by atoms with E-state index < -0.39 is 22.4 Å². The van der Waals surface area contributed by atoms with E-state index in [4.69, 9.17) is 11.6 Å². The number of carbonyl (C=O) groups is 2. The Labute approximate surface area is 148 Å². The highest BCUT2D eigenvalue weighted by atomic mass is 79.9. The number of esters is 1. The average molecular weight is 421 g/mol. The molecule has 1 aromatic carbocycles. The summed E-state index contributed by atoms with van der Waals surface area (Å²) in [6.45, 7) is 1.25. The maximum Gasteiger partial charge on any atom is 0.302 e. The van der Waals surface area contributed by atoms with Gasteiger partial charge in [0.15, 0.2) is 0 Å². The van der Waals surface area contributed by atoms with E-state index in [1.54, 1.807) is 6.07 Å². The van der Waals surface area contributed by atoms with Gasteiger partial charge in [-0.3, -0.25) is 14.4 Å². The van der Waals surface area contributed by atoms with Crippen molar-refractivity contribution in [1.29, 1.82) is 0 Å². The van der Waals surface area contributed by atoms with Crippen molar-refractivity contribution < 1.29 is 19.4 Å². The van der Waals surface area contributed by atoms with Gasteiger partial charge < -0.3 is 15.2 Å². The van der Waals surface area contributed by atoms with Crippen LogP contribution in [0.2, 0.25) is 5.02 Å². The normalized spacial score (nSPS) is 10.6. The minimum Gasteiger partial charge on any atom is -0.506 e. The second-order valence-corrected chi connectivity index (χ2v) is 6.75. The number of halogens is 2. The van der Waals surface area contributed by atoms with Gasteiger partial charge in [-0.1, -0.05) is 22.9 Å². The number of hydrogen-bond donors (Lipinski definition) is 2.